The average molecular weight is 285 g/mol. The molecule has 2 aromatic heterocycles. The number of aromatic amines is 1. The Morgan fingerprint density at radius 3 is 2.90 bits per heavy atom. The lowest BCUT2D eigenvalue weighted by Gasteiger charge is -2.08. The van der Waals surface area contributed by atoms with E-state index in [4.69, 9.17) is 0 Å². The molecular weight excluding hydrogens is 264 g/mol. The third kappa shape index (κ3) is 2.56. The highest BCUT2D eigenvalue weighted by atomic mass is 16.1. The second kappa shape index (κ2) is 5.33. The maximum atomic E-state index is 12.5. The van der Waals surface area contributed by atoms with E-state index in [1.54, 1.807) is 10.9 Å². The molecule has 0 fully saturated rings. The second-order valence-electron chi connectivity index (χ2n) is 5.95. The van der Waals surface area contributed by atoms with Crippen LogP contribution in [0, 0.1) is 6.92 Å². The molecule has 3 aromatic rings. The van der Waals surface area contributed by atoms with Gasteiger partial charge in [-0.25, -0.2) is 4.98 Å². The molecule has 0 saturated heterocycles. The summed E-state index contributed by atoms with van der Waals surface area (Å²) in [6, 6.07) is 6.12. The SMILES string of the molecule is Cc1ccc2c(c1)[nH]c1c(=O)n(CCC[NH+](C)C)cnc12. The van der Waals surface area contributed by atoms with Gasteiger partial charge in [-0.2, -0.15) is 0 Å². The average Bonchev–Trinajstić information content (AvgIpc) is 2.79. The second-order valence-corrected chi connectivity index (χ2v) is 5.95. The topological polar surface area (TPSA) is 55.1 Å². The summed E-state index contributed by atoms with van der Waals surface area (Å²) in [5.41, 5.74) is 3.54. The zero-order chi connectivity index (χ0) is 15.0. The van der Waals surface area contributed by atoms with Gasteiger partial charge in [-0.15, -0.1) is 0 Å². The largest absolute Gasteiger partial charge is 0.349 e. The van der Waals surface area contributed by atoms with E-state index >= 15 is 0 Å². The highest BCUT2D eigenvalue weighted by molar-refractivity contribution is 6.04. The fourth-order valence-corrected chi connectivity index (χ4v) is 2.67. The summed E-state index contributed by atoms with van der Waals surface area (Å²) in [6.45, 7) is 3.79. The van der Waals surface area contributed by atoms with Gasteiger partial charge in [0.15, 0.2) is 0 Å². The summed E-state index contributed by atoms with van der Waals surface area (Å²) in [4.78, 5) is 21.6. The van der Waals surface area contributed by atoms with Crippen LogP contribution in [0.2, 0.25) is 0 Å². The zero-order valence-corrected chi connectivity index (χ0v) is 12.7. The first-order valence-corrected chi connectivity index (χ1v) is 7.33. The van der Waals surface area contributed by atoms with E-state index in [0.29, 0.717) is 12.1 Å². The number of quaternary nitrogens is 1. The molecule has 2 heterocycles. The van der Waals surface area contributed by atoms with Crippen LogP contribution in [-0.2, 0) is 6.54 Å². The lowest BCUT2D eigenvalue weighted by Crippen LogP contribution is -3.05. The van der Waals surface area contributed by atoms with Crippen LogP contribution < -0.4 is 10.5 Å². The maximum absolute atomic E-state index is 12.5. The van der Waals surface area contributed by atoms with Crippen LogP contribution in [0.25, 0.3) is 21.9 Å². The van der Waals surface area contributed by atoms with Crippen molar-refractivity contribution in [3.05, 3.63) is 40.4 Å². The molecule has 0 saturated carbocycles. The van der Waals surface area contributed by atoms with Crippen LogP contribution in [-0.4, -0.2) is 35.2 Å². The fourth-order valence-electron chi connectivity index (χ4n) is 2.67. The van der Waals surface area contributed by atoms with Crippen molar-refractivity contribution in [1.82, 2.24) is 14.5 Å². The van der Waals surface area contributed by atoms with Crippen LogP contribution >= 0.6 is 0 Å². The highest BCUT2D eigenvalue weighted by Crippen LogP contribution is 2.22. The van der Waals surface area contributed by atoms with Gasteiger partial charge in [0.2, 0.25) is 0 Å². The fraction of sp³-hybridized carbons (Fsp3) is 0.375. The molecule has 5 nitrogen and oxygen atoms in total. The van der Waals surface area contributed by atoms with Gasteiger partial charge in [-0.05, 0) is 18.6 Å². The van der Waals surface area contributed by atoms with Crippen LogP contribution in [0.3, 0.4) is 0 Å². The molecule has 110 valence electrons. The van der Waals surface area contributed by atoms with E-state index in [0.717, 1.165) is 29.4 Å². The predicted octanol–water partition coefficient (Wildman–Crippen LogP) is 0.721. The van der Waals surface area contributed by atoms with Crippen molar-refractivity contribution in [1.29, 1.82) is 0 Å². The summed E-state index contributed by atoms with van der Waals surface area (Å²) in [7, 11) is 4.23. The molecular formula is C16H21N4O+. The number of nitrogens with zero attached hydrogens (tertiary/aromatic N) is 2. The van der Waals surface area contributed by atoms with Crippen molar-refractivity contribution < 1.29 is 4.90 Å². The number of fused-ring (bicyclic) bond motifs is 3. The van der Waals surface area contributed by atoms with Gasteiger partial charge in [-0.3, -0.25) is 9.36 Å². The Balaban J connectivity index is 2.04. The lowest BCUT2D eigenvalue weighted by molar-refractivity contribution is -0.858. The number of nitrogens with one attached hydrogen (secondary N) is 2. The Labute approximate surface area is 123 Å². The standard InChI is InChI=1S/C16H20N4O/c1-11-5-6-12-13(9-11)18-15-14(12)17-10-20(16(15)21)8-4-7-19(2)3/h5-6,9-10,18H,4,7-8H2,1-3H3/p+1. The first-order chi connectivity index (χ1) is 10.1. The van der Waals surface area contributed by atoms with E-state index in [9.17, 15) is 4.79 Å². The molecule has 3 rings (SSSR count). The molecule has 0 aliphatic rings. The Morgan fingerprint density at radius 1 is 1.33 bits per heavy atom. The van der Waals surface area contributed by atoms with E-state index in [-0.39, 0.29) is 5.56 Å². The molecule has 0 bridgehead atoms. The summed E-state index contributed by atoms with van der Waals surface area (Å²) in [5.74, 6) is 0. The van der Waals surface area contributed by atoms with E-state index in [2.05, 4.69) is 30.1 Å². The van der Waals surface area contributed by atoms with Crippen molar-refractivity contribution in [3.8, 4) is 0 Å². The quantitative estimate of drug-likeness (QED) is 0.742. The van der Waals surface area contributed by atoms with Crippen LogP contribution in [0.1, 0.15) is 12.0 Å². The number of hydrogen-bond donors (Lipinski definition) is 2. The minimum Gasteiger partial charge on any atom is -0.349 e. The monoisotopic (exact) mass is 285 g/mol. The van der Waals surface area contributed by atoms with Gasteiger partial charge < -0.3 is 9.88 Å². The lowest BCUT2D eigenvalue weighted by atomic mass is 10.2. The first-order valence-electron chi connectivity index (χ1n) is 7.33. The number of rotatable bonds is 4. The number of aromatic nitrogens is 3. The minimum absolute atomic E-state index is 0.0163. The minimum atomic E-state index is 0.0163. The van der Waals surface area contributed by atoms with Crippen LogP contribution in [0.4, 0.5) is 0 Å². The van der Waals surface area contributed by atoms with E-state index < -0.39 is 0 Å². The van der Waals surface area contributed by atoms with Crippen molar-refractivity contribution in [3.63, 3.8) is 0 Å². The summed E-state index contributed by atoms with van der Waals surface area (Å²) in [6.07, 6.45) is 2.64. The van der Waals surface area contributed by atoms with Crippen molar-refractivity contribution in [2.24, 2.45) is 0 Å². The highest BCUT2D eigenvalue weighted by Gasteiger charge is 2.10. The normalized spacial score (nSPS) is 11.8. The van der Waals surface area contributed by atoms with Gasteiger partial charge >= 0.3 is 0 Å². The van der Waals surface area contributed by atoms with Crippen molar-refractivity contribution >= 4 is 21.9 Å². The molecule has 0 aliphatic heterocycles. The molecule has 1 aromatic carbocycles. The Kier molecular flexibility index (Phi) is 3.51. The number of hydrogen-bond acceptors (Lipinski definition) is 2. The van der Waals surface area contributed by atoms with E-state index in [1.165, 1.54) is 10.5 Å². The van der Waals surface area contributed by atoms with Gasteiger partial charge in [-0.1, -0.05) is 12.1 Å². The Hall–Kier alpha value is -2.14. The predicted molar refractivity (Wildman–Crippen MR) is 84.9 cm³/mol. The summed E-state index contributed by atoms with van der Waals surface area (Å²) < 4.78 is 1.70. The van der Waals surface area contributed by atoms with Crippen LogP contribution in [0.15, 0.2) is 29.3 Å². The summed E-state index contributed by atoms with van der Waals surface area (Å²) >= 11 is 0. The van der Waals surface area contributed by atoms with Crippen LogP contribution in [0.5, 0.6) is 0 Å². The number of benzene rings is 1. The van der Waals surface area contributed by atoms with Gasteiger partial charge in [0.05, 0.1) is 27.0 Å². The Morgan fingerprint density at radius 2 is 2.14 bits per heavy atom. The van der Waals surface area contributed by atoms with Crippen molar-refractivity contribution in [2.45, 2.75) is 19.9 Å². The molecule has 21 heavy (non-hydrogen) atoms. The number of H-pyrrole nitrogens is 1. The summed E-state index contributed by atoms with van der Waals surface area (Å²) in [5, 5.41) is 1.01. The first kappa shape index (κ1) is 13.8. The molecule has 5 heteroatoms. The molecule has 0 aliphatic carbocycles. The van der Waals surface area contributed by atoms with Gasteiger partial charge in [0.1, 0.15) is 11.0 Å². The van der Waals surface area contributed by atoms with E-state index in [1.807, 2.05) is 19.1 Å². The van der Waals surface area contributed by atoms with Crippen molar-refractivity contribution in [2.75, 3.05) is 20.6 Å². The zero-order valence-electron chi connectivity index (χ0n) is 12.7. The third-order valence-electron chi connectivity index (χ3n) is 3.80. The molecule has 2 N–H and O–H groups in total. The van der Waals surface area contributed by atoms with Gasteiger partial charge in [0.25, 0.3) is 5.56 Å². The van der Waals surface area contributed by atoms with Gasteiger partial charge in [0, 0.05) is 23.9 Å². The molecule has 0 atom stereocenters. The smallest absolute Gasteiger partial charge is 0.277 e. The molecule has 0 radical (unpaired) electrons. The Bertz CT molecular complexity index is 844. The maximum Gasteiger partial charge on any atom is 0.277 e. The molecule has 0 unspecified atom stereocenters. The number of aryl methyl sites for hydroxylation is 2. The molecule has 0 spiro atoms. The third-order valence-corrected chi connectivity index (χ3v) is 3.80. The molecule has 0 amide bonds.